The molecule has 6 nitrogen and oxygen atoms in total. The van der Waals surface area contributed by atoms with Crippen molar-refractivity contribution in [3.05, 3.63) is 24.0 Å². The number of ether oxygens (including phenoxy) is 1. The van der Waals surface area contributed by atoms with Crippen LogP contribution >= 0.6 is 0 Å². The number of carbonyl (C=O) groups excluding carboxylic acids is 2. The normalized spacial score (nSPS) is 9.78. The molecule has 18 heavy (non-hydrogen) atoms. The minimum Gasteiger partial charge on any atom is -0.468 e. The van der Waals surface area contributed by atoms with E-state index >= 15 is 0 Å². The van der Waals surface area contributed by atoms with Gasteiger partial charge in [0, 0.05) is 33.0 Å². The van der Waals surface area contributed by atoms with Crippen LogP contribution in [0.3, 0.4) is 0 Å². The van der Waals surface area contributed by atoms with E-state index in [1.807, 2.05) is 0 Å². The van der Waals surface area contributed by atoms with Crippen LogP contribution in [-0.2, 0) is 9.53 Å². The van der Waals surface area contributed by atoms with Crippen molar-refractivity contribution in [3.8, 4) is 0 Å². The summed E-state index contributed by atoms with van der Waals surface area (Å²) in [6.07, 6.45) is 1.54. The van der Waals surface area contributed by atoms with Gasteiger partial charge in [0.1, 0.15) is 12.2 Å². The quantitative estimate of drug-likeness (QED) is 0.724. The van der Waals surface area contributed by atoms with Crippen molar-refractivity contribution in [2.45, 2.75) is 0 Å². The molecule has 0 aliphatic carbocycles. The molecule has 0 aliphatic heterocycles. The van der Waals surface area contributed by atoms with Crippen molar-refractivity contribution < 1.29 is 14.3 Å². The largest absolute Gasteiger partial charge is 0.468 e. The lowest BCUT2D eigenvalue weighted by molar-refractivity contribution is -0.138. The maximum absolute atomic E-state index is 11.8. The maximum atomic E-state index is 11.8. The molecule has 0 unspecified atom stereocenters. The van der Waals surface area contributed by atoms with Crippen LogP contribution < -0.4 is 4.90 Å². The molecule has 98 valence electrons. The lowest BCUT2D eigenvalue weighted by atomic mass is 10.2. The number of aromatic nitrogens is 1. The van der Waals surface area contributed by atoms with Crippen LogP contribution in [-0.4, -0.2) is 56.6 Å². The van der Waals surface area contributed by atoms with Crippen molar-refractivity contribution >= 4 is 17.6 Å². The van der Waals surface area contributed by atoms with E-state index in [1.165, 1.54) is 12.0 Å². The van der Waals surface area contributed by atoms with Gasteiger partial charge in [0.15, 0.2) is 0 Å². The molecule has 1 amide bonds. The highest BCUT2D eigenvalue weighted by Crippen LogP contribution is 2.13. The van der Waals surface area contributed by atoms with E-state index in [-0.39, 0.29) is 18.4 Å². The number of esters is 1. The van der Waals surface area contributed by atoms with Crippen LogP contribution in [0, 0.1) is 0 Å². The van der Waals surface area contributed by atoms with E-state index in [2.05, 4.69) is 9.72 Å². The molecule has 0 saturated carbocycles. The highest BCUT2D eigenvalue weighted by Gasteiger charge is 2.13. The molecule has 0 spiro atoms. The van der Waals surface area contributed by atoms with Gasteiger partial charge in [0.25, 0.3) is 5.91 Å². The summed E-state index contributed by atoms with van der Waals surface area (Å²) in [5, 5.41) is 0. The third-order valence-electron chi connectivity index (χ3n) is 2.40. The number of hydrogen-bond acceptors (Lipinski definition) is 5. The highest BCUT2D eigenvalue weighted by molar-refractivity contribution is 5.92. The summed E-state index contributed by atoms with van der Waals surface area (Å²) in [4.78, 5) is 30.1. The molecule has 6 heteroatoms. The lowest BCUT2D eigenvalue weighted by Crippen LogP contribution is -2.27. The standard InChI is InChI=1S/C12H17N3O3/c1-14(2)12(17)10-7-9(5-6-13-10)15(3)8-11(16)18-4/h5-7H,8H2,1-4H3. The number of hydrogen-bond donors (Lipinski definition) is 0. The zero-order valence-electron chi connectivity index (χ0n) is 11.0. The van der Waals surface area contributed by atoms with Crippen LogP contribution in [0.5, 0.6) is 0 Å². The summed E-state index contributed by atoms with van der Waals surface area (Å²) < 4.78 is 4.59. The first kappa shape index (κ1) is 14.0. The first-order chi connectivity index (χ1) is 8.45. The van der Waals surface area contributed by atoms with Gasteiger partial charge in [-0.05, 0) is 12.1 Å². The molecule has 1 aromatic heterocycles. The molecule has 1 aromatic rings. The van der Waals surface area contributed by atoms with E-state index in [0.29, 0.717) is 5.69 Å². The maximum Gasteiger partial charge on any atom is 0.325 e. The Morgan fingerprint density at radius 2 is 2.00 bits per heavy atom. The fourth-order valence-corrected chi connectivity index (χ4v) is 1.35. The number of rotatable bonds is 4. The zero-order chi connectivity index (χ0) is 13.7. The van der Waals surface area contributed by atoms with Gasteiger partial charge in [-0.1, -0.05) is 0 Å². The summed E-state index contributed by atoms with van der Waals surface area (Å²) in [6.45, 7) is 0.121. The Morgan fingerprint density at radius 3 is 2.56 bits per heavy atom. The minimum atomic E-state index is -0.338. The van der Waals surface area contributed by atoms with Gasteiger partial charge in [0.2, 0.25) is 0 Å². The van der Waals surface area contributed by atoms with Crippen LogP contribution in [0.25, 0.3) is 0 Å². The molecule has 0 atom stereocenters. The Labute approximate surface area is 106 Å². The predicted molar refractivity (Wildman–Crippen MR) is 67.5 cm³/mol. The fourth-order valence-electron chi connectivity index (χ4n) is 1.35. The van der Waals surface area contributed by atoms with Gasteiger partial charge in [0.05, 0.1) is 7.11 Å². The van der Waals surface area contributed by atoms with E-state index in [4.69, 9.17) is 0 Å². The second kappa shape index (κ2) is 6.00. The van der Waals surface area contributed by atoms with Gasteiger partial charge >= 0.3 is 5.97 Å². The Hall–Kier alpha value is -2.11. The monoisotopic (exact) mass is 251 g/mol. The molecule has 0 radical (unpaired) electrons. The molecular weight excluding hydrogens is 234 g/mol. The lowest BCUT2D eigenvalue weighted by Gasteiger charge is -2.18. The number of pyridine rings is 1. The van der Waals surface area contributed by atoms with Crippen molar-refractivity contribution in [3.63, 3.8) is 0 Å². The summed E-state index contributed by atoms with van der Waals surface area (Å²) in [6, 6.07) is 3.38. The van der Waals surface area contributed by atoms with E-state index < -0.39 is 0 Å². The molecule has 0 aliphatic rings. The number of nitrogens with zero attached hydrogens (tertiary/aromatic N) is 3. The molecule has 1 rings (SSSR count). The topological polar surface area (TPSA) is 62.7 Å². The van der Waals surface area contributed by atoms with Crippen LogP contribution in [0.15, 0.2) is 18.3 Å². The molecule has 0 bridgehead atoms. The highest BCUT2D eigenvalue weighted by atomic mass is 16.5. The molecule has 0 N–H and O–H groups in total. The number of carbonyl (C=O) groups is 2. The first-order valence-corrected chi connectivity index (χ1v) is 5.41. The minimum absolute atomic E-state index is 0.121. The summed E-state index contributed by atoms with van der Waals surface area (Å²) in [5.41, 5.74) is 1.08. The third kappa shape index (κ3) is 3.44. The Bertz CT molecular complexity index is 446. The Balaban J connectivity index is 2.88. The molecule has 1 heterocycles. The second-order valence-electron chi connectivity index (χ2n) is 4.03. The second-order valence-corrected chi connectivity index (χ2v) is 4.03. The molecule has 0 saturated heterocycles. The number of amides is 1. The zero-order valence-corrected chi connectivity index (χ0v) is 11.0. The van der Waals surface area contributed by atoms with Crippen molar-refractivity contribution in [1.82, 2.24) is 9.88 Å². The van der Waals surface area contributed by atoms with Gasteiger partial charge in [-0.25, -0.2) is 0 Å². The predicted octanol–water partition coefficient (Wildman–Crippen LogP) is 0.393. The van der Waals surface area contributed by atoms with Gasteiger partial charge in [-0.2, -0.15) is 0 Å². The summed E-state index contributed by atoms with van der Waals surface area (Å²) >= 11 is 0. The van der Waals surface area contributed by atoms with Crippen LogP contribution in [0.2, 0.25) is 0 Å². The van der Waals surface area contributed by atoms with Gasteiger partial charge in [-0.3, -0.25) is 14.6 Å². The number of anilines is 1. The average Bonchev–Trinajstić information content (AvgIpc) is 2.37. The van der Waals surface area contributed by atoms with Crippen molar-refractivity contribution in [1.29, 1.82) is 0 Å². The Morgan fingerprint density at radius 1 is 1.33 bits per heavy atom. The molecular formula is C12H17N3O3. The number of likely N-dealkylation sites (N-methyl/N-ethyl adjacent to an activating group) is 1. The third-order valence-corrected chi connectivity index (χ3v) is 2.40. The average molecular weight is 251 g/mol. The van der Waals surface area contributed by atoms with Crippen LogP contribution in [0.4, 0.5) is 5.69 Å². The first-order valence-electron chi connectivity index (χ1n) is 5.41. The van der Waals surface area contributed by atoms with E-state index in [0.717, 1.165) is 5.69 Å². The number of methoxy groups -OCH3 is 1. The van der Waals surface area contributed by atoms with Gasteiger partial charge in [-0.15, -0.1) is 0 Å². The summed E-state index contributed by atoms with van der Waals surface area (Å²) in [5.74, 6) is -0.516. The van der Waals surface area contributed by atoms with Gasteiger partial charge < -0.3 is 14.5 Å². The molecule has 0 aromatic carbocycles. The van der Waals surface area contributed by atoms with E-state index in [9.17, 15) is 9.59 Å². The SMILES string of the molecule is COC(=O)CN(C)c1ccnc(C(=O)N(C)C)c1. The van der Waals surface area contributed by atoms with Crippen molar-refractivity contribution in [2.24, 2.45) is 0 Å². The fraction of sp³-hybridized carbons (Fsp3) is 0.417. The smallest absolute Gasteiger partial charge is 0.325 e. The van der Waals surface area contributed by atoms with E-state index in [1.54, 1.807) is 44.4 Å². The van der Waals surface area contributed by atoms with Crippen LogP contribution in [0.1, 0.15) is 10.5 Å². The summed E-state index contributed by atoms with van der Waals surface area (Å²) in [7, 11) is 6.41. The Kier molecular flexibility index (Phi) is 4.65. The van der Waals surface area contributed by atoms with Crippen molar-refractivity contribution in [2.75, 3.05) is 39.7 Å². The molecule has 0 fully saturated rings.